The van der Waals surface area contributed by atoms with Crippen LogP contribution < -0.4 is 5.32 Å². The fraction of sp³-hybridized carbons (Fsp3) is 0.304. The normalized spacial score (nSPS) is 11.3. The van der Waals surface area contributed by atoms with Crippen molar-refractivity contribution in [1.82, 2.24) is 19.8 Å². The number of sulfone groups is 1. The van der Waals surface area contributed by atoms with Crippen molar-refractivity contribution in [1.29, 1.82) is 0 Å². The molecule has 0 saturated carbocycles. The van der Waals surface area contributed by atoms with E-state index in [0.717, 1.165) is 23.4 Å². The number of rotatable bonds is 9. The summed E-state index contributed by atoms with van der Waals surface area (Å²) in [6, 6.07) is 19.0. The zero-order chi connectivity index (χ0) is 22.3. The van der Waals surface area contributed by atoms with Gasteiger partial charge in [-0.2, -0.15) is 0 Å². The number of hydrogen-bond acceptors (Lipinski definition) is 4. The Morgan fingerprint density at radius 1 is 1.03 bits per heavy atom. The molecule has 8 heteroatoms. The van der Waals surface area contributed by atoms with E-state index in [4.69, 9.17) is 12.2 Å². The van der Waals surface area contributed by atoms with E-state index < -0.39 is 9.84 Å². The lowest BCUT2D eigenvalue weighted by atomic mass is 10.2. The largest absolute Gasteiger partial charge is 0.363 e. The van der Waals surface area contributed by atoms with Crippen LogP contribution in [0.2, 0.25) is 0 Å². The average molecular weight is 457 g/mol. The maximum absolute atomic E-state index is 13.3. The minimum Gasteiger partial charge on any atom is -0.363 e. The second-order valence-electron chi connectivity index (χ2n) is 7.20. The van der Waals surface area contributed by atoms with Crippen LogP contribution in [-0.2, 0) is 28.7 Å². The number of hydrogen-bond donors (Lipinski definition) is 1. The molecule has 164 valence electrons. The van der Waals surface area contributed by atoms with Crippen molar-refractivity contribution in [3.63, 3.8) is 0 Å². The highest BCUT2D eigenvalue weighted by Gasteiger charge is 2.25. The Morgan fingerprint density at radius 2 is 1.65 bits per heavy atom. The zero-order valence-corrected chi connectivity index (χ0v) is 19.5. The van der Waals surface area contributed by atoms with E-state index in [1.165, 1.54) is 0 Å². The molecule has 0 aliphatic carbocycles. The Morgan fingerprint density at radius 3 is 2.23 bits per heavy atom. The van der Waals surface area contributed by atoms with Crippen molar-refractivity contribution in [2.75, 3.05) is 13.1 Å². The lowest BCUT2D eigenvalue weighted by molar-refractivity contribution is 0.410. The molecular weight excluding hydrogens is 428 g/mol. The lowest BCUT2D eigenvalue weighted by Crippen LogP contribution is -2.39. The van der Waals surface area contributed by atoms with Gasteiger partial charge in [-0.15, -0.1) is 0 Å². The van der Waals surface area contributed by atoms with Gasteiger partial charge in [-0.1, -0.05) is 60.7 Å². The number of imidazole rings is 1. The molecule has 0 spiro atoms. The second kappa shape index (κ2) is 10.5. The van der Waals surface area contributed by atoms with Crippen LogP contribution in [0.15, 0.2) is 72.0 Å². The van der Waals surface area contributed by atoms with Gasteiger partial charge in [0.15, 0.2) is 5.11 Å². The zero-order valence-electron chi connectivity index (χ0n) is 17.9. The van der Waals surface area contributed by atoms with Gasteiger partial charge in [0, 0.05) is 13.1 Å². The quantitative estimate of drug-likeness (QED) is 0.496. The van der Waals surface area contributed by atoms with E-state index in [2.05, 4.69) is 10.3 Å². The third-order valence-electron chi connectivity index (χ3n) is 4.91. The summed E-state index contributed by atoms with van der Waals surface area (Å²) in [4.78, 5) is 6.36. The number of nitrogens with one attached hydrogen (secondary N) is 1. The van der Waals surface area contributed by atoms with Crippen LogP contribution >= 0.6 is 12.2 Å². The van der Waals surface area contributed by atoms with Crippen LogP contribution in [0.4, 0.5) is 0 Å². The van der Waals surface area contributed by atoms with Crippen molar-refractivity contribution < 1.29 is 8.42 Å². The van der Waals surface area contributed by atoms with E-state index >= 15 is 0 Å². The van der Waals surface area contributed by atoms with Gasteiger partial charge in [0.2, 0.25) is 15.0 Å². The molecule has 0 amide bonds. The van der Waals surface area contributed by atoms with Gasteiger partial charge >= 0.3 is 0 Å². The molecular formula is C23H28N4O2S2. The summed E-state index contributed by atoms with van der Waals surface area (Å²) in [5.74, 6) is -0.0909. The van der Waals surface area contributed by atoms with Crippen molar-refractivity contribution in [3.8, 4) is 0 Å². The van der Waals surface area contributed by atoms with Gasteiger partial charge in [-0.25, -0.2) is 13.4 Å². The van der Waals surface area contributed by atoms with Gasteiger partial charge in [0.05, 0.1) is 30.7 Å². The van der Waals surface area contributed by atoms with Crippen molar-refractivity contribution in [2.45, 2.75) is 37.8 Å². The number of thiocarbonyl (C=S) groups is 1. The lowest BCUT2D eigenvalue weighted by Gasteiger charge is -2.24. The number of nitrogens with zero attached hydrogens (tertiary/aromatic N) is 3. The molecule has 6 nitrogen and oxygen atoms in total. The van der Waals surface area contributed by atoms with E-state index in [-0.39, 0.29) is 10.9 Å². The Hall–Kier alpha value is -2.71. The molecule has 0 fully saturated rings. The Kier molecular flexibility index (Phi) is 7.81. The fourth-order valence-corrected chi connectivity index (χ4v) is 5.17. The van der Waals surface area contributed by atoms with Crippen LogP contribution in [0, 0.1) is 0 Å². The molecule has 1 aromatic heterocycles. The molecule has 0 radical (unpaired) electrons. The summed E-state index contributed by atoms with van der Waals surface area (Å²) in [5.41, 5.74) is 2.55. The smallest absolute Gasteiger partial charge is 0.228 e. The van der Waals surface area contributed by atoms with Crippen LogP contribution in [0.25, 0.3) is 0 Å². The monoisotopic (exact) mass is 456 g/mol. The fourth-order valence-electron chi connectivity index (χ4n) is 3.35. The molecule has 0 saturated heterocycles. The summed E-state index contributed by atoms with van der Waals surface area (Å²) < 4.78 is 28.4. The number of benzene rings is 2. The maximum Gasteiger partial charge on any atom is 0.228 e. The highest BCUT2D eigenvalue weighted by atomic mass is 32.2. The summed E-state index contributed by atoms with van der Waals surface area (Å²) in [5, 5.41) is 3.89. The Bertz CT molecular complexity index is 1100. The Labute approximate surface area is 189 Å². The van der Waals surface area contributed by atoms with Crippen molar-refractivity contribution in [3.05, 3.63) is 83.7 Å². The standard InChI is InChI=1S/C23H28N4O2S2/c1-3-24-22(30)26(4-2)17-21-15-25-23(27(21)16-19-11-7-5-8-12-19)31(28,29)18-20-13-9-6-10-14-20/h5-15H,3-4,16-18H2,1-2H3,(H,24,30). The molecule has 3 aromatic rings. The van der Waals surface area contributed by atoms with Crippen LogP contribution in [0.5, 0.6) is 0 Å². The first kappa shape index (κ1) is 23.0. The maximum atomic E-state index is 13.3. The third kappa shape index (κ3) is 5.92. The minimum absolute atomic E-state index is 0.0839. The first-order chi connectivity index (χ1) is 14.9. The first-order valence-corrected chi connectivity index (χ1v) is 12.4. The molecule has 0 aliphatic rings. The predicted octanol–water partition coefficient (Wildman–Crippen LogP) is 3.62. The van der Waals surface area contributed by atoms with E-state index in [9.17, 15) is 8.42 Å². The van der Waals surface area contributed by atoms with Crippen LogP contribution in [0.1, 0.15) is 30.7 Å². The first-order valence-electron chi connectivity index (χ1n) is 10.3. The summed E-state index contributed by atoms with van der Waals surface area (Å²) in [7, 11) is -3.63. The average Bonchev–Trinajstić information content (AvgIpc) is 3.16. The molecule has 31 heavy (non-hydrogen) atoms. The molecule has 0 bridgehead atoms. The van der Waals surface area contributed by atoms with Gasteiger partial charge < -0.3 is 14.8 Å². The van der Waals surface area contributed by atoms with Crippen LogP contribution in [-0.4, -0.2) is 41.1 Å². The minimum atomic E-state index is -3.63. The van der Waals surface area contributed by atoms with Gasteiger partial charge in [0.1, 0.15) is 0 Å². The molecule has 0 aliphatic heterocycles. The molecule has 0 atom stereocenters. The molecule has 1 N–H and O–H groups in total. The third-order valence-corrected chi connectivity index (χ3v) is 6.91. The molecule has 1 heterocycles. The van der Waals surface area contributed by atoms with E-state index in [1.54, 1.807) is 10.8 Å². The van der Waals surface area contributed by atoms with E-state index in [1.807, 2.05) is 79.4 Å². The highest BCUT2D eigenvalue weighted by molar-refractivity contribution is 7.90. The summed E-state index contributed by atoms with van der Waals surface area (Å²) >= 11 is 5.48. The predicted molar refractivity (Wildman–Crippen MR) is 127 cm³/mol. The molecule has 0 unspecified atom stereocenters. The number of aromatic nitrogens is 2. The SMILES string of the molecule is CCNC(=S)N(CC)Cc1cnc(S(=O)(=O)Cc2ccccc2)n1Cc1ccccc1. The van der Waals surface area contributed by atoms with Gasteiger partial charge in [-0.3, -0.25) is 0 Å². The molecule has 2 aromatic carbocycles. The van der Waals surface area contributed by atoms with Crippen molar-refractivity contribution >= 4 is 27.2 Å². The summed E-state index contributed by atoms with van der Waals surface area (Å²) in [6.45, 7) is 6.35. The second-order valence-corrected chi connectivity index (χ2v) is 9.47. The van der Waals surface area contributed by atoms with Crippen LogP contribution in [0.3, 0.4) is 0 Å². The topological polar surface area (TPSA) is 67.2 Å². The van der Waals surface area contributed by atoms with Crippen molar-refractivity contribution in [2.24, 2.45) is 0 Å². The molecule has 3 rings (SSSR count). The van der Waals surface area contributed by atoms with E-state index in [0.29, 0.717) is 24.7 Å². The van der Waals surface area contributed by atoms with Gasteiger partial charge in [0.25, 0.3) is 0 Å². The highest BCUT2D eigenvalue weighted by Crippen LogP contribution is 2.20. The Balaban J connectivity index is 1.98. The summed E-state index contributed by atoms with van der Waals surface area (Å²) in [6.07, 6.45) is 1.65. The van der Waals surface area contributed by atoms with Gasteiger partial charge in [-0.05, 0) is 37.2 Å².